The average molecular weight is 521 g/mol. The molecule has 4 aromatic rings. The summed E-state index contributed by atoms with van der Waals surface area (Å²) in [5.74, 6) is -0.282. The van der Waals surface area contributed by atoms with E-state index in [-0.39, 0.29) is 23.2 Å². The number of aryl methyl sites for hydroxylation is 1. The third-order valence-electron chi connectivity index (χ3n) is 7.76. The first kappa shape index (κ1) is 24.5. The summed E-state index contributed by atoms with van der Waals surface area (Å²) in [5, 5.41) is 21.9. The van der Waals surface area contributed by atoms with Crippen molar-refractivity contribution in [2.45, 2.75) is 38.9 Å². The first-order valence-corrected chi connectivity index (χ1v) is 13.0. The van der Waals surface area contributed by atoms with Crippen LogP contribution in [-0.2, 0) is 6.54 Å². The molecule has 9 nitrogen and oxygen atoms in total. The van der Waals surface area contributed by atoms with Gasteiger partial charge in [0.05, 0.1) is 34.8 Å². The quantitative estimate of drug-likeness (QED) is 0.393. The second-order valence-electron chi connectivity index (χ2n) is 10.3. The Morgan fingerprint density at radius 1 is 1.13 bits per heavy atom. The molecular formula is C30H28N6O3. The molecular weight excluding hydrogens is 492 g/mol. The maximum atomic E-state index is 13.5. The second kappa shape index (κ2) is 9.48. The molecule has 3 aliphatic rings. The van der Waals surface area contributed by atoms with Crippen molar-refractivity contribution in [3.63, 3.8) is 0 Å². The van der Waals surface area contributed by atoms with Gasteiger partial charge in [-0.15, -0.1) is 0 Å². The third-order valence-corrected chi connectivity index (χ3v) is 7.76. The number of carboxylic acids is 1. The van der Waals surface area contributed by atoms with Gasteiger partial charge in [0.1, 0.15) is 11.5 Å². The van der Waals surface area contributed by atoms with Crippen LogP contribution in [0.3, 0.4) is 0 Å². The molecule has 0 amide bonds. The molecule has 0 radical (unpaired) electrons. The van der Waals surface area contributed by atoms with E-state index in [4.69, 9.17) is 10.2 Å². The van der Waals surface area contributed by atoms with Crippen LogP contribution in [0, 0.1) is 25.2 Å². The van der Waals surface area contributed by atoms with E-state index < -0.39 is 5.97 Å². The number of carboxylic acid groups (broad SMARTS) is 1. The lowest BCUT2D eigenvalue weighted by Gasteiger charge is -2.57. The Labute approximate surface area is 225 Å². The van der Waals surface area contributed by atoms with Gasteiger partial charge in [-0.2, -0.15) is 5.26 Å². The molecule has 2 N–H and O–H groups in total. The van der Waals surface area contributed by atoms with E-state index in [9.17, 15) is 14.7 Å². The number of nitrogens with zero attached hydrogens (tertiary/aromatic N) is 5. The van der Waals surface area contributed by atoms with Crippen molar-refractivity contribution < 1.29 is 9.90 Å². The Hall–Kier alpha value is -4.84. The summed E-state index contributed by atoms with van der Waals surface area (Å²) in [7, 11) is 0. The molecule has 2 atom stereocenters. The zero-order chi connectivity index (χ0) is 27.3. The zero-order valence-corrected chi connectivity index (χ0v) is 21.8. The monoisotopic (exact) mass is 520 g/mol. The number of fused-ring (bicyclic) bond motifs is 3. The fourth-order valence-corrected chi connectivity index (χ4v) is 5.85. The molecule has 3 fully saturated rings. The number of para-hydroxylation sites is 1. The van der Waals surface area contributed by atoms with Gasteiger partial charge in [-0.3, -0.25) is 9.20 Å². The fraction of sp³-hybridized carbons (Fsp3) is 0.267. The summed E-state index contributed by atoms with van der Waals surface area (Å²) in [4.78, 5) is 34.9. The number of aromatic carboxylic acids is 1. The number of carbonyl (C=O) groups is 1. The lowest BCUT2D eigenvalue weighted by atomic mass is 9.86. The topological polar surface area (TPSA) is 114 Å². The summed E-state index contributed by atoms with van der Waals surface area (Å²) in [6.45, 7) is 5.73. The second-order valence-corrected chi connectivity index (χ2v) is 10.3. The molecule has 0 spiro atoms. The Morgan fingerprint density at radius 3 is 2.54 bits per heavy atom. The Bertz CT molecular complexity index is 1690. The number of nitrogens with one attached hydrogen (secondary N) is 1. The van der Waals surface area contributed by atoms with Gasteiger partial charge in [0.2, 0.25) is 0 Å². The van der Waals surface area contributed by atoms with E-state index in [2.05, 4.69) is 21.2 Å². The number of hydrogen-bond acceptors (Lipinski definition) is 7. The fourth-order valence-electron chi connectivity index (χ4n) is 5.85. The van der Waals surface area contributed by atoms with E-state index in [1.807, 2.05) is 44.2 Å². The van der Waals surface area contributed by atoms with Crippen LogP contribution in [0.25, 0.3) is 5.65 Å². The molecule has 196 valence electrons. The van der Waals surface area contributed by atoms with Gasteiger partial charge in [0.15, 0.2) is 0 Å². The molecule has 0 aliphatic carbocycles. The lowest BCUT2D eigenvalue weighted by molar-refractivity contribution is 0.0698. The highest BCUT2D eigenvalue weighted by Gasteiger charge is 2.46. The highest BCUT2D eigenvalue weighted by Crippen LogP contribution is 2.39. The van der Waals surface area contributed by atoms with Crippen molar-refractivity contribution >= 4 is 28.8 Å². The lowest BCUT2D eigenvalue weighted by Crippen LogP contribution is -2.69. The highest BCUT2D eigenvalue weighted by atomic mass is 16.4. The molecule has 2 aromatic heterocycles. The number of benzene rings is 2. The number of hydrogen-bond donors (Lipinski definition) is 2. The van der Waals surface area contributed by atoms with Gasteiger partial charge in [0.25, 0.3) is 5.56 Å². The summed E-state index contributed by atoms with van der Waals surface area (Å²) in [6, 6.07) is 19.1. The Morgan fingerprint density at radius 2 is 1.85 bits per heavy atom. The maximum Gasteiger partial charge on any atom is 0.337 e. The number of rotatable bonds is 6. The first-order valence-electron chi connectivity index (χ1n) is 13.0. The summed E-state index contributed by atoms with van der Waals surface area (Å²) in [6.07, 6.45) is 2.85. The first-order chi connectivity index (χ1) is 18.8. The van der Waals surface area contributed by atoms with Crippen molar-refractivity contribution in [2.24, 2.45) is 0 Å². The standard InChI is InChI=1S/C30H28N6O3/c1-18-11-21(14-32-26-6-4-3-5-25(26)30(38)39)28-33-27(19(2)29(37)35(28)15-18)36-23-12-24(36)17-34(16-23)22-9-7-20(13-31)8-10-22/h3-11,15,23-24,32H,12,14,16-17H2,1-2H3,(H,38,39). The average Bonchev–Trinajstić information content (AvgIpc) is 2.95. The van der Waals surface area contributed by atoms with Crippen LogP contribution in [0.1, 0.15) is 39.0 Å². The molecule has 2 unspecified atom stereocenters. The van der Waals surface area contributed by atoms with E-state index in [0.717, 1.165) is 42.1 Å². The van der Waals surface area contributed by atoms with Crippen molar-refractivity contribution in [1.82, 2.24) is 9.38 Å². The molecule has 7 rings (SSSR count). The normalized spacial score (nSPS) is 18.0. The Balaban J connectivity index is 1.32. The molecule has 2 aromatic carbocycles. The Kier molecular flexibility index (Phi) is 5.95. The third kappa shape index (κ3) is 4.24. The van der Waals surface area contributed by atoms with Crippen LogP contribution in [0.15, 0.2) is 65.6 Å². The summed E-state index contributed by atoms with van der Waals surface area (Å²) in [5.41, 5.74) is 5.27. The van der Waals surface area contributed by atoms with E-state index >= 15 is 0 Å². The van der Waals surface area contributed by atoms with Gasteiger partial charge < -0.3 is 20.2 Å². The zero-order valence-electron chi connectivity index (χ0n) is 21.8. The molecule has 39 heavy (non-hydrogen) atoms. The van der Waals surface area contributed by atoms with Crippen molar-refractivity contribution in [3.05, 3.63) is 99.0 Å². The minimum atomic E-state index is -1.00. The summed E-state index contributed by atoms with van der Waals surface area (Å²) < 4.78 is 1.60. The van der Waals surface area contributed by atoms with Crippen molar-refractivity contribution in [2.75, 3.05) is 28.2 Å². The number of pyridine rings is 1. The smallest absolute Gasteiger partial charge is 0.337 e. The van der Waals surface area contributed by atoms with Gasteiger partial charge in [0, 0.05) is 42.8 Å². The minimum absolute atomic E-state index is 0.0974. The van der Waals surface area contributed by atoms with Gasteiger partial charge in [-0.1, -0.05) is 12.1 Å². The predicted octanol–water partition coefficient (Wildman–Crippen LogP) is 3.96. The molecule has 9 heteroatoms. The van der Waals surface area contributed by atoms with Crippen LogP contribution in [-0.4, -0.2) is 45.6 Å². The number of piperazine rings is 1. The molecule has 5 heterocycles. The summed E-state index contributed by atoms with van der Waals surface area (Å²) >= 11 is 0. The number of aromatic nitrogens is 2. The van der Waals surface area contributed by atoms with E-state index in [1.165, 1.54) is 0 Å². The van der Waals surface area contributed by atoms with Crippen molar-refractivity contribution in [3.8, 4) is 6.07 Å². The molecule has 2 bridgehead atoms. The maximum absolute atomic E-state index is 13.5. The van der Waals surface area contributed by atoms with Crippen LogP contribution in [0.5, 0.6) is 0 Å². The number of piperidine rings is 1. The van der Waals surface area contributed by atoms with Crippen LogP contribution >= 0.6 is 0 Å². The van der Waals surface area contributed by atoms with Gasteiger partial charge in [-0.25, -0.2) is 9.78 Å². The number of nitriles is 1. The highest BCUT2D eigenvalue weighted by molar-refractivity contribution is 5.94. The predicted molar refractivity (Wildman–Crippen MR) is 150 cm³/mol. The molecule has 0 saturated carbocycles. The van der Waals surface area contributed by atoms with Crippen molar-refractivity contribution in [1.29, 1.82) is 5.26 Å². The van der Waals surface area contributed by atoms with Crippen LogP contribution < -0.4 is 20.7 Å². The van der Waals surface area contributed by atoms with Crippen LogP contribution in [0.4, 0.5) is 17.2 Å². The SMILES string of the molecule is Cc1cc(CNc2ccccc2C(=O)O)c2nc(N3C4CC3CN(c3ccc(C#N)cc3)C4)c(C)c(=O)n2c1. The van der Waals surface area contributed by atoms with Gasteiger partial charge in [-0.05, 0) is 68.3 Å². The number of anilines is 3. The van der Waals surface area contributed by atoms with E-state index in [0.29, 0.717) is 29.0 Å². The minimum Gasteiger partial charge on any atom is -0.478 e. The molecule has 3 aliphatic heterocycles. The van der Waals surface area contributed by atoms with E-state index in [1.54, 1.807) is 34.9 Å². The largest absolute Gasteiger partial charge is 0.478 e. The van der Waals surface area contributed by atoms with Crippen LogP contribution in [0.2, 0.25) is 0 Å². The molecule has 3 saturated heterocycles. The van der Waals surface area contributed by atoms with Gasteiger partial charge >= 0.3 is 5.97 Å².